The van der Waals surface area contributed by atoms with E-state index < -0.39 is 0 Å². The Morgan fingerprint density at radius 3 is 2.11 bits per heavy atom. The standard InChI is InChI=1S/C15H22N4O2.C15H24N2O.2C3H8.C2H6/c1-3-14(20)18-13-8-12(9-16-11(13)2)17-15(21)10-19-6-4-5-7-19;1-4-6-13(3)10-14(7-5-2)15(11-16)12-17-8-9-18;2*1-3-2;1-2/h8-9H,3-7,10H2,1-2H3,(H,17,21)(H,18,20);5-7,10-12,18H,4,8-9,16H2,1-3H3;2*3H2,1-2H3;1-2H3/b;7-5-,13-6?,14-10+,15-11+,17-12?;;;. The Kier molecular flexibility index (Phi) is 34.4. The van der Waals surface area contributed by atoms with Crippen LogP contribution in [-0.2, 0) is 9.59 Å². The number of aliphatic hydroxyl groups is 1. The van der Waals surface area contributed by atoms with Crippen LogP contribution >= 0.6 is 0 Å². The second kappa shape index (κ2) is 33.8. The number of likely N-dealkylation sites (tertiary alicyclic amines) is 1. The minimum Gasteiger partial charge on any atom is -0.404 e. The fraction of sp³-hybridized carbons (Fsp3) is 0.579. The van der Waals surface area contributed by atoms with E-state index in [1.54, 1.807) is 25.4 Å². The van der Waals surface area contributed by atoms with Gasteiger partial charge in [0.15, 0.2) is 0 Å². The Morgan fingerprint density at radius 1 is 1.02 bits per heavy atom. The molecule has 268 valence electrons. The molecule has 0 atom stereocenters. The van der Waals surface area contributed by atoms with Gasteiger partial charge in [0.25, 0.3) is 0 Å². The number of rotatable bonds is 12. The first-order valence-corrected chi connectivity index (χ1v) is 17.4. The monoisotopic (exact) mass is 657 g/mol. The van der Waals surface area contributed by atoms with E-state index in [0.717, 1.165) is 49.2 Å². The van der Waals surface area contributed by atoms with E-state index in [1.165, 1.54) is 24.6 Å². The Labute approximate surface area is 287 Å². The van der Waals surface area contributed by atoms with Gasteiger partial charge < -0.3 is 21.5 Å². The summed E-state index contributed by atoms with van der Waals surface area (Å²) in [5.74, 6) is -0.115. The van der Waals surface area contributed by atoms with Crippen molar-refractivity contribution in [2.45, 2.75) is 115 Å². The molecule has 9 heteroatoms. The zero-order valence-corrected chi connectivity index (χ0v) is 31.6. The molecule has 0 bridgehead atoms. The molecule has 0 saturated carbocycles. The summed E-state index contributed by atoms with van der Waals surface area (Å²) in [4.78, 5) is 33.9. The molecule has 9 nitrogen and oxygen atoms in total. The SMILES string of the molecule is CC.CCC.CCC.CCC(=O)Nc1cc(NC(=O)CN2CCCC2)cnc1C.C\C=C/C(=C\C(C)=CCC)C(/C=NCCO)=C/N. The topological polar surface area (TPSA) is 133 Å². The van der Waals surface area contributed by atoms with E-state index in [4.69, 9.17) is 10.8 Å². The summed E-state index contributed by atoms with van der Waals surface area (Å²) < 4.78 is 0. The molecule has 0 unspecified atom stereocenters. The number of carbonyl (C=O) groups excluding carboxylic acids is 2. The number of hydrogen-bond acceptors (Lipinski definition) is 7. The number of hydrogen-bond donors (Lipinski definition) is 4. The molecule has 0 aliphatic carbocycles. The van der Waals surface area contributed by atoms with Gasteiger partial charge in [-0.3, -0.25) is 24.5 Å². The normalized spacial score (nSPS) is 13.3. The lowest BCUT2D eigenvalue weighted by molar-refractivity contribution is -0.117. The average Bonchev–Trinajstić information content (AvgIpc) is 3.56. The fourth-order valence-corrected chi connectivity index (χ4v) is 3.78. The summed E-state index contributed by atoms with van der Waals surface area (Å²) in [5, 5.41) is 14.3. The van der Waals surface area contributed by atoms with Gasteiger partial charge in [-0.2, -0.15) is 0 Å². The maximum Gasteiger partial charge on any atom is 0.238 e. The smallest absolute Gasteiger partial charge is 0.238 e. The first-order chi connectivity index (χ1) is 22.6. The molecule has 0 radical (unpaired) electrons. The molecule has 1 aromatic heterocycles. The highest BCUT2D eigenvalue weighted by Gasteiger charge is 2.15. The van der Waals surface area contributed by atoms with Crippen LogP contribution in [0.4, 0.5) is 11.4 Å². The number of nitrogens with zero attached hydrogens (tertiary/aromatic N) is 3. The van der Waals surface area contributed by atoms with Crippen molar-refractivity contribution in [3.05, 3.63) is 65.2 Å². The van der Waals surface area contributed by atoms with E-state index in [0.29, 0.717) is 30.9 Å². The van der Waals surface area contributed by atoms with Crippen LogP contribution in [0, 0.1) is 6.92 Å². The molecule has 2 rings (SSSR count). The second-order valence-electron chi connectivity index (χ2n) is 10.5. The summed E-state index contributed by atoms with van der Waals surface area (Å²) in [6, 6.07) is 1.75. The predicted octanol–water partition coefficient (Wildman–Crippen LogP) is 8.38. The van der Waals surface area contributed by atoms with Gasteiger partial charge in [-0.15, -0.1) is 0 Å². The largest absolute Gasteiger partial charge is 0.404 e. The predicted molar refractivity (Wildman–Crippen MR) is 205 cm³/mol. The van der Waals surface area contributed by atoms with Crippen LogP contribution in [0.5, 0.6) is 0 Å². The number of aryl methyl sites for hydroxylation is 1. The van der Waals surface area contributed by atoms with E-state index in [9.17, 15) is 9.59 Å². The van der Waals surface area contributed by atoms with Crippen LogP contribution < -0.4 is 16.4 Å². The van der Waals surface area contributed by atoms with Crippen LogP contribution in [0.2, 0.25) is 0 Å². The van der Waals surface area contributed by atoms with Gasteiger partial charge >= 0.3 is 0 Å². The molecule has 2 heterocycles. The molecule has 0 spiro atoms. The van der Waals surface area contributed by atoms with Crippen molar-refractivity contribution in [2.24, 2.45) is 10.7 Å². The highest BCUT2D eigenvalue weighted by molar-refractivity contribution is 5.95. The maximum absolute atomic E-state index is 12.0. The lowest BCUT2D eigenvalue weighted by atomic mass is 10.0. The van der Waals surface area contributed by atoms with E-state index in [1.807, 2.05) is 39.8 Å². The Hall–Kier alpha value is -3.56. The van der Waals surface area contributed by atoms with Gasteiger partial charge in [-0.25, -0.2) is 0 Å². The zero-order valence-electron chi connectivity index (χ0n) is 31.6. The Bertz CT molecular complexity index is 1100. The molecular formula is C38H68N6O3. The summed E-state index contributed by atoms with van der Waals surface area (Å²) in [7, 11) is 0. The van der Waals surface area contributed by atoms with Crippen LogP contribution in [0.15, 0.2) is 64.5 Å². The van der Waals surface area contributed by atoms with Crippen molar-refractivity contribution in [1.82, 2.24) is 9.88 Å². The first-order valence-electron chi connectivity index (χ1n) is 17.4. The minimum absolute atomic E-state index is 0.0460. The molecule has 1 aromatic rings. The zero-order chi connectivity index (χ0) is 36.5. The summed E-state index contributed by atoms with van der Waals surface area (Å²) >= 11 is 0. The molecule has 1 saturated heterocycles. The van der Waals surface area contributed by atoms with Crippen molar-refractivity contribution in [3.63, 3.8) is 0 Å². The maximum atomic E-state index is 12.0. The van der Waals surface area contributed by atoms with Crippen LogP contribution in [-0.4, -0.2) is 65.8 Å². The number of allylic oxidation sites excluding steroid dienone is 7. The number of nitrogens with two attached hydrogens (primary N) is 1. The number of nitrogens with one attached hydrogen (secondary N) is 2. The molecule has 1 fully saturated rings. The fourth-order valence-electron chi connectivity index (χ4n) is 3.78. The molecule has 47 heavy (non-hydrogen) atoms. The molecule has 1 aliphatic heterocycles. The number of aliphatic hydroxyl groups excluding tert-OH is 1. The third-order valence-electron chi connectivity index (χ3n) is 5.76. The highest BCUT2D eigenvalue weighted by atomic mass is 16.3. The third kappa shape index (κ3) is 26.2. The second-order valence-corrected chi connectivity index (χ2v) is 10.5. The molecule has 0 aromatic carbocycles. The average molecular weight is 657 g/mol. The summed E-state index contributed by atoms with van der Waals surface area (Å²) in [5.41, 5.74) is 10.7. The van der Waals surface area contributed by atoms with E-state index >= 15 is 0 Å². The first kappa shape index (κ1) is 47.8. The molecule has 1 aliphatic rings. The molecule has 5 N–H and O–H groups in total. The van der Waals surface area contributed by atoms with Gasteiger partial charge in [0.05, 0.1) is 43.0 Å². The van der Waals surface area contributed by atoms with E-state index in [2.05, 4.69) is 79.2 Å². The van der Waals surface area contributed by atoms with Crippen molar-refractivity contribution < 1.29 is 14.7 Å². The number of anilines is 2. The number of aromatic nitrogens is 1. The number of amides is 2. The van der Waals surface area contributed by atoms with Crippen molar-refractivity contribution >= 4 is 29.4 Å². The van der Waals surface area contributed by atoms with Crippen molar-refractivity contribution in [2.75, 3.05) is 43.4 Å². The van der Waals surface area contributed by atoms with Crippen LogP contribution in [0.3, 0.4) is 0 Å². The van der Waals surface area contributed by atoms with Gasteiger partial charge in [-0.1, -0.05) is 98.1 Å². The number of carbonyl (C=O) groups is 2. The van der Waals surface area contributed by atoms with E-state index in [-0.39, 0.29) is 18.4 Å². The lowest BCUT2D eigenvalue weighted by Gasteiger charge is -2.15. The third-order valence-corrected chi connectivity index (χ3v) is 5.76. The highest BCUT2D eigenvalue weighted by Crippen LogP contribution is 2.18. The Balaban J connectivity index is -0.000000680. The van der Waals surface area contributed by atoms with Gasteiger partial charge in [0.1, 0.15) is 0 Å². The number of pyridine rings is 1. The van der Waals surface area contributed by atoms with Crippen LogP contribution in [0.1, 0.15) is 113 Å². The number of aliphatic imine (C=N–C) groups is 1. The quantitative estimate of drug-likeness (QED) is 0.132. The molecular weight excluding hydrogens is 588 g/mol. The van der Waals surface area contributed by atoms with Crippen molar-refractivity contribution in [3.8, 4) is 0 Å². The van der Waals surface area contributed by atoms with Gasteiger partial charge in [0.2, 0.25) is 11.8 Å². The Morgan fingerprint density at radius 2 is 1.62 bits per heavy atom. The summed E-state index contributed by atoms with van der Waals surface area (Å²) in [6.07, 6.45) is 19.3. The van der Waals surface area contributed by atoms with Gasteiger partial charge in [-0.05, 0) is 64.8 Å². The summed E-state index contributed by atoms with van der Waals surface area (Å²) in [6.45, 7) is 25.1. The molecule has 2 amide bonds. The van der Waals surface area contributed by atoms with Crippen LogP contribution in [0.25, 0.3) is 0 Å². The minimum atomic E-state index is -0.0690. The van der Waals surface area contributed by atoms with Crippen molar-refractivity contribution in [1.29, 1.82) is 0 Å². The van der Waals surface area contributed by atoms with Gasteiger partial charge in [0, 0.05) is 24.4 Å². The lowest BCUT2D eigenvalue weighted by Crippen LogP contribution is -2.30.